The Labute approximate surface area is 191 Å². The van der Waals surface area contributed by atoms with Crippen molar-refractivity contribution in [3.8, 4) is 33.2 Å². The van der Waals surface area contributed by atoms with Crippen molar-refractivity contribution in [3.05, 3.63) is 70.4 Å². The number of aromatic nitrogens is 1. The highest BCUT2D eigenvalue weighted by molar-refractivity contribution is 7.14. The number of alkyl halides is 2. The summed E-state index contributed by atoms with van der Waals surface area (Å²) in [6.07, 6.45) is 0.105. The quantitative estimate of drug-likeness (QED) is 0.326. The van der Waals surface area contributed by atoms with Crippen LogP contribution < -0.4 is 14.8 Å². The van der Waals surface area contributed by atoms with Gasteiger partial charge in [0.15, 0.2) is 0 Å². The molecule has 0 saturated heterocycles. The minimum absolute atomic E-state index is 0.0167. The second kappa shape index (κ2) is 9.88. The molecule has 0 saturated carbocycles. The number of nitrogens with zero attached hydrogens (tertiary/aromatic N) is 1. The van der Waals surface area contributed by atoms with Crippen LogP contribution in [0.4, 0.5) is 14.5 Å². The smallest absolute Gasteiger partial charge is 0.387 e. The van der Waals surface area contributed by atoms with Crippen molar-refractivity contribution in [2.75, 3.05) is 12.4 Å². The summed E-state index contributed by atoms with van der Waals surface area (Å²) in [7, 11) is 1.54. The summed E-state index contributed by atoms with van der Waals surface area (Å²) in [5, 5.41) is 9.51. The zero-order chi connectivity index (χ0) is 22.5. The molecule has 4 rings (SSSR count). The molecular weight excluding hydrogens is 454 g/mol. The third kappa shape index (κ3) is 5.30. The van der Waals surface area contributed by atoms with Crippen molar-refractivity contribution in [1.82, 2.24) is 4.98 Å². The van der Waals surface area contributed by atoms with E-state index >= 15 is 0 Å². The van der Waals surface area contributed by atoms with Crippen LogP contribution in [0.15, 0.2) is 64.7 Å². The largest absolute Gasteiger partial charge is 0.497 e. The molecule has 0 fully saturated rings. The maximum Gasteiger partial charge on any atom is 0.387 e. The van der Waals surface area contributed by atoms with Crippen LogP contribution in [0.3, 0.4) is 0 Å². The maximum absolute atomic E-state index is 12.9. The molecular formula is C23H18F2N2O3S2. The number of nitrogens with one attached hydrogen (secondary N) is 1. The van der Waals surface area contributed by atoms with Gasteiger partial charge in [-0.05, 0) is 47.3 Å². The molecule has 2 aromatic carbocycles. The Morgan fingerprint density at radius 1 is 1.09 bits per heavy atom. The first kappa shape index (κ1) is 21.9. The van der Waals surface area contributed by atoms with Gasteiger partial charge >= 0.3 is 6.61 Å². The summed E-state index contributed by atoms with van der Waals surface area (Å²) in [4.78, 5) is 17.1. The highest BCUT2D eigenvalue weighted by atomic mass is 32.1. The first-order valence-corrected chi connectivity index (χ1v) is 11.3. The zero-order valence-electron chi connectivity index (χ0n) is 16.9. The summed E-state index contributed by atoms with van der Waals surface area (Å²) < 4.78 is 35.6. The fourth-order valence-corrected chi connectivity index (χ4v) is 4.61. The minimum Gasteiger partial charge on any atom is -0.497 e. The second-order valence-corrected chi connectivity index (χ2v) is 8.34. The van der Waals surface area contributed by atoms with Crippen LogP contribution in [0.2, 0.25) is 0 Å². The van der Waals surface area contributed by atoms with Gasteiger partial charge in [-0.25, -0.2) is 4.98 Å². The van der Waals surface area contributed by atoms with E-state index in [0.29, 0.717) is 28.3 Å². The Morgan fingerprint density at radius 2 is 1.91 bits per heavy atom. The van der Waals surface area contributed by atoms with Crippen LogP contribution in [-0.2, 0) is 11.2 Å². The first-order valence-electron chi connectivity index (χ1n) is 9.52. The molecule has 1 amide bonds. The molecule has 4 aromatic rings. The van der Waals surface area contributed by atoms with Crippen molar-refractivity contribution in [2.45, 2.75) is 13.0 Å². The number of thiazole rings is 1. The van der Waals surface area contributed by atoms with E-state index in [4.69, 9.17) is 4.74 Å². The number of benzene rings is 2. The van der Waals surface area contributed by atoms with Gasteiger partial charge in [-0.3, -0.25) is 4.79 Å². The summed E-state index contributed by atoms with van der Waals surface area (Å²) in [5.74, 6) is 0.401. The molecule has 2 heterocycles. The number of hydrogen-bond donors (Lipinski definition) is 1. The Bertz CT molecular complexity index is 1190. The predicted molar refractivity (Wildman–Crippen MR) is 123 cm³/mol. The third-order valence-electron chi connectivity index (χ3n) is 4.54. The van der Waals surface area contributed by atoms with E-state index in [-0.39, 0.29) is 18.1 Å². The molecule has 0 aliphatic rings. The number of rotatable bonds is 8. The molecule has 0 radical (unpaired) electrons. The van der Waals surface area contributed by atoms with Crippen LogP contribution in [0.25, 0.3) is 21.7 Å². The standard InChI is InChI=1S/C23H18F2N2O3S2/c1-29-18-5-2-14(3-6-18)19-10-16(4-7-20(19)30-23(24)25)26-21(28)11-17-13-32-22(27-17)15-8-9-31-12-15/h2-10,12-13,23H,11H2,1H3,(H,26,28). The number of thiophene rings is 1. The molecule has 0 unspecified atom stereocenters. The molecule has 0 spiro atoms. The monoisotopic (exact) mass is 472 g/mol. The summed E-state index contributed by atoms with van der Waals surface area (Å²) in [6.45, 7) is -2.96. The Morgan fingerprint density at radius 3 is 2.59 bits per heavy atom. The van der Waals surface area contributed by atoms with Crippen molar-refractivity contribution in [1.29, 1.82) is 0 Å². The lowest BCUT2D eigenvalue weighted by Crippen LogP contribution is -2.14. The number of carbonyl (C=O) groups excluding carboxylic acids is 1. The first-order chi connectivity index (χ1) is 15.5. The van der Waals surface area contributed by atoms with E-state index in [1.54, 1.807) is 48.8 Å². The van der Waals surface area contributed by atoms with Gasteiger partial charge in [0, 0.05) is 27.6 Å². The lowest BCUT2D eigenvalue weighted by molar-refractivity contribution is -0.115. The van der Waals surface area contributed by atoms with Gasteiger partial charge in [-0.1, -0.05) is 12.1 Å². The number of methoxy groups -OCH3 is 1. The topological polar surface area (TPSA) is 60.5 Å². The van der Waals surface area contributed by atoms with Crippen molar-refractivity contribution in [3.63, 3.8) is 0 Å². The van der Waals surface area contributed by atoms with Crippen LogP contribution in [0.5, 0.6) is 11.5 Å². The second-order valence-electron chi connectivity index (χ2n) is 6.70. The zero-order valence-corrected chi connectivity index (χ0v) is 18.5. The summed E-state index contributed by atoms with van der Waals surface area (Å²) >= 11 is 3.07. The average molecular weight is 473 g/mol. The lowest BCUT2D eigenvalue weighted by atomic mass is 10.0. The van der Waals surface area contributed by atoms with E-state index in [0.717, 1.165) is 10.6 Å². The van der Waals surface area contributed by atoms with Gasteiger partial charge in [0.1, 0.15) is 16.5 Å². The fourth-order valence-electron chi connectivity index (χ4n) is 3.08. The Kier molecular flexibility index (Phi) is 6.77. The molecule has 164 valence electrons. The number of amides is 1. The van der Waals surface area contributed by atoms with Crippen LogP contribution in [-0.4, -0.2) is 24.6 Å². The third-order valence-corrected chi connectivity index (χ3v) is 6.17. The fraction of sp³-hybridized carbons (Fsp3) is 0.130. The van der Waals surface area contributed by atoms with Crippen LogP contribution in [0, 0.1) is 0 Å². The van der Waals surface area contributed by atoms with Gasteiger partial charge < -0.3 is 14.8 Å². The van der Waals surface area contributed by atoms with Crippen molar-refractivity contribution >= 4 is 34.3 Å². The number of ether oxygens (including phenoxy) is 2. The molecule has 0 atom stereocenters. The van der Waals surface area contributed by atoms with E-state index < -0.39 is 6.61 Å². The maximum atomic E-state index is 12.9. The molecule has 0 aliphatic carbocycles. The summed E-state index contributed by atoms with van der Waals surface area (Å²) in [5.41, 5.74) is 3.25. The number of hydrogen-bond acceptors (Lipinski definition) is 6. The molecule has 0 aliphatic heterocycles. The minimum atomic E-state index is -2.96. The van der Waals surface area contributed by atoms with Gasteiger partial charge in [0.05, 0.1) is 19.2 Å². The Balaban J connectivity index is 1.52. The van der Waals surface area contributed by atoms with Gasteiger partial charge in [0.2, 0.25) is 5.91 Å². The Hall–Kier alpha value is -3.30. The van der Waals surface area contributed by atoms with Crippen LogP contribution >= 0.6 is 22.7 Å². The number of anilines is 1. The number of halogens is 2. The average Bonchev–Trinajstić information content (AvgIpc) is 3.46. The molecule has 1 N–H and O–H groups in total. The van der Waals surface area contributed by atoms with E-state index in [2.05, 4.69) is 15.0 Å². The van der Waals surface area contributed by atoms with E-state index in [9.17, 15) is 13.6 Å². The van der Waals surface area contributed by atoms with Crippen molar-refractivity contribution < 1.29 is 23.0 Å². The normalized spacial score (nSPS) is 10.9. The molecule has 9 heteroatoms. The molecule has 0 bridgehead atoms. The lowest BCUT2D eigenvalue weighted by Gasteiger charge is -2.14. The van der Waals surface area contributed by atoms with E-state index in [1.807, 2.05) is 22.2 Å². The van der Waals surface area contributed by atoms with E-state index in [1.165, 1.54) is 23.5 Å². The number of carbonyl (C=O) groups is 1. The highest BCUT2D eigenvalue weighted by Gasteiger charge is 2.15. The van der Waals surface area contributed by atoms with Gasteiger partial charge in [0.25, 0.3) is 0 Å². The SMILES string of the molecule is COc1ccc(-c2cc(NC(=O)Cc3csc(-c4ccsc4)n3)ccc2OC(F)F)cc1. The predicted octanol–water partition coefficient (Wildman–Crippen LogP) is 6.33. The van der Waals surface area contributed by atoms with Crippen molar-refractivity contribution in [2.24, 2.45) is 0 Å². The summed E-state index contributed by atoms with van der Waals surface area (Å²) in [6, 6.07) is 13.4. The molecule has 5 nitrogen and oxygen atoms in total. The van der Waals surface area contributed by atoms with Gasteiger partial charge in [-0.2, -0.15) is 20.1 Å². The van der Waals surface area contributed by atoms with Gasteiger partial charge in [-0.15, -0.1) is 11.3 Å². The van der Waals surface area contributed by atoms with Crippen LogP contribution in [0.1, 0.15) is 5.69 Å². The molecule has 2 aromatic heterocycles. The highest BCUT2D eigenvalue weighted by Crippen LogP contribution is 2.35. The molecule has 32 heavy (non-hydrogen) atoms.